The molecule has 1 saturated heterocycles. The van der Waals surface area contributed by atoms with Crippen LogP contribution in [0.5, 0.6) is 0 Å². The largest absolute Gasteiger partial charge is 0.381 e. The molecular weight excluding hydrogens is 327 g/mol. The maximum absolute atomic E-state index is 6.44. The van der Waals surface area contributed by atoms with Crippen molar-refractivity contribution >= 4 is 28.9 Å². The van der Waals surface area contributed by atoms with Crippen molar-refractivity contribution < 1.29 is 0 Å². The molecule has 0 saturated carbocycles. The predicted octanol–water partition coefficient (Wildman–Crippen LogP) is 5.09. The van der Waals surface area contributed by atoms with Crippen LogP contribution < -0.4 is 10.6 Å². The average molecular weight is 347 g/mol. The standard InChI is InChI=1S/C19H20Cl2N2/c1-2-11-7-12(14-4-3-13(20)9-17(14)21)8-15-16-10-22-6-5-18(16)23-19(11)15/h3-4,7-9,16,18,22-23H,2,5-6,10H2,1H3. The molecule has 4 rings (SSSR count). The molecule has 0 amide bonds. The summed E-state index contributed by atoms with van der Waals surface area (Å²) in [4.78, 5) is 0. The molecule has 4 heteroatoms. The molecular formula is C19H20Cl2N2. The van der Waals surface area contributed by atoms with Gasteiger partial charge in [0.15, 0.2) is 0 Å². The van der Waals surface area contributed by atoms with Crippen LogP contribution in [-0.4, -0.2) is 19.1 Å². The van der Waals surface area contributed by atoms with Crippen molar-refractivity contribution in [2.75, 3.05) is 18.4 Å². The van der Waals surface area contributed by atoms with Gasteiger partial charge >= 0.3 is 0 Å². The average Bonchev–Trinajstić information content (AvgIpc) is 2.92. The number of fused-ring (bicyclic) bond motifs is 3. The summed E-state index contributed by atoms with van der Waals surface area (Å²) in [7, 11) is 0. The van der Waals surface area contributed by atoms with Crippen molar-refractivity contribution in [2.24, 2.45) is 0 Å². The number of hydrogen-bond acceptors (Lipinski definition) is 2. The Labute approximate surface area is 147 Å². The maximum atomic E-state index is 6.44. The minimum Gasteiger partial charge on any atom is -0.381 e. The molecule has 2 aromatic rings. The summed E-state index contributed by atoms with van der Waals surface area (Å²) < 4.78 is 0. The Morgan fingerprint density at radius 3 is 2.83 bits per heavy atom. The third-order valence-corrected chi connectivity index (χ3v) is 5.63. The maximum Gasteiger partial charge on any atom is 0.0499 e. The molecule has 2 N–H and O–H groups in total. The van der Waals surface area contributed by atoms with Crippen molar-refractivity contribution in [3.63, 3.8) is 0 Å². The van der Waals surface area contributed by atoms with Gasteiger partial charge in [0.05, 0.1) is 0 Å². The highest BCUT2D eigenvalue weighted by Gasteiger charge is 2.35. The first-order valence-corrected chi connectivity index (χ1v) is 9.02. The van der Waals surface area contributed by atoms with Crippen LogP contribution in [0.15, 0.2) is 30.3 Å². The summed E-state index contributed by atoms with van der Waals surface area (Å²) >= 11 is 12.5. The van der Waals surface area contributed by atoms with Crippen LogP contribution in [0, 0.1) is 0 Å². The van der Waals surface area contributed by atoms with Crippen molar-refractivity contribution in [2.45, 2.75) is 31.7 Å². The van der Waals surface area contributed by atoms with Gasteiger partial charge in [0.25, 0.3) is 0 Å². The molecule has 0 radical (unpaired) electrons. The molecule has 2 heterocycles. The zero-order valence-electron chi connectivity index (χ0n) is 13.1. The monoisotopic (exact) mass is 346 g/mol. The normalized spacial score (nSPS) is 22.4. The molecule has 2 aliphatic heterocycles. The van der Waals surface area contributed by atoms with E-state index in [0.29, 0.717) is 22.0 Å². The van der Waals surface area contributed by atoms with Crippen molar-refractivity contribution in [3.05, 3.63) is 51.5 Å². The summed E-state index contributed by atoms with van der Waals surface area (Å²) in [5.41, 5.74) is 6.40. The quantitative estimate of drug-likeness (QED) is 0.790. The van der Waals surface area contributed by atoms with Gasteiger partial charge < -0.3 is 10.6 Å². The second kappa shape index (κ2) is 6.01. The van der Waals surface area contributed by atoms with E-state index in [1.807, 2.05) is 18.2 Å². The minimum absolute atomic E-state index is 0.551. The first kappa shape index (κ1) is 15.3. The molecule has 2 unspecified atom stereocenters. The molecule has 2 nitrogen and oxygen atoms in total. The highest BCUT2D eigenvalue weighted by molar-refractivity contribution is 6.36. The summed E-state index contributed by atoms with van der Waals surface area (Å²) in [6.07, 6.45) is 2.20. The SMILES string of the molecule is CCc1cc(-c2ccc(Cl)cc2Cl)cc2c1NC1CCNCC21. The second-order valence-corrected chi connectivity index (χ2v) is 7.27. The molecule has 0 bridgehead atoms. The van der Waals surface area contributed by atoms with Gasteiger partial charge in [-0.25, -0.2) is 0 Å². The minimum atomic E-state index is 0.551. The van der Waals surface area contributed by atoms with Crippen LogP contribution in [0.1, 0.15) is 30.4 Å². The lowest BCUT2D eigenvalue weighted by Crippen LogP contribution is -2.38. The molecule has 0 aliphatic carbocycles. The molecule has 23 heavy (non-hydrogen) atoms. The zero-order chi connectivity index (χ0) is 16.0. The summed E-state index contributed by atoms with van der Waals surface area (Å²) in [5, 5.41) is 8.68. The first-order valence-electron chi connectivity index (χ1n) is 8.27. The molecule has 2 aliphatic rings. The highest BCUT2D eigenvalue weighted by Crippen LogP contribution is 2.44. The lowest BCUT2D eigenvalue weighted by Gasteiger charge is -2.26. The summed E-state index contributed by atoms with van der Waals surface area (Å²) in [6, 6.07) is 10.9. The van der Waals surface area contributed by atoms with E-state index in [4.69, 9.17) is 23.2 Å². The molecule has 1 fully saturated rings. The Bertz CT molecular complexity index is 757. The summed E-state index contributed by atoms with van der Waals surface area (Å²) in [6.45, 7) is 4.36. The number of hydrogen-bond donors (Lipinski definition) is 2. The third-order valence-electron chi connectivity index (χ3n) is 5.08. The van der Waals surface area contributed by atoms with E-state index in [1.165, 1.54) is 28.8 Å². The van der Waals surface area contributed by atoms with Crippen molar-refractivity contribution in [3.8, 4) is 11.1 Å². The zero-order valence-corrected chi connectivity index (χ0v) is 14.6. The van der Waals surface area contributed by atoms with Crippen LogP contribution in [0.3, 0.4) is 0 Å². The van der Waals surface area contributed by atoms with Gasteiger partial charge in [-0.3, -0.25) is 0 Å². The van der Waals surface area contributed by atoms with E-state index in [0.717, 1.165) is 25.1 Å². The Hall–Kier alpha value is -1.22. The van der Waals surface area contributed by atoms with Crippen LogP contribution >= 0.6 is 23.2 Å². The smallest absolute Gasteiger partial charge is 0.0499 e. The Morgan fingerprint density at radius 2 is 2.04 bits per heavy atom. The third kappa shape index (κ3) is 2.63. The number of anilines is 1. The lowest BCUT2D eigenvalue weighted by atomic mass is 9.87. The molecule has 2 aromatic carbocycles. The first-order chi connectivity index (χ1) is 11.2. The number of rotatable bonds is 2. The van der Waals surface area contributed by atoms with Gasteiger partial charge in [-0.2, -0.15) is 0 Å². The highest BCUT2D eigenvalue weighted by atomic mass is 35.5. The molecule has 2 atom stereocenters. The number of halogens is 2. The molecule has 0 aromatic heterocycles. The van der Waals surface area contributed by atoms with Crippen LogP contribution in [0.2, 0.25) is 10.0 Å². The van der Waals surface area contributed by atoms with Crippen molar-refractivity contribution in [1.82, 2.24) is 5.32 Å². The Balaban J connectivity index is 1.84. The molecule has 120 valence electrons. The van der Waals surface area contributed by atoms with Gasteiger partial charge in [-0.05, 0) is 60.3 Å². The number of aryl methyl sites for hydroxylation is 1. The van der Waals surface area contributed by atoms with Gasteiger partial charge in [-0.15, -0.1) is 0 Å². The van der Waals surface area contributed by atoms with Gasteiger partial charge in [-0.1, -0.05) is 36.2 Å². The van der Waals surface area contributed by atoms with E-state index in [2.05, 4.69) is 29.7 Å². The lowest BCUT2D eigenvalue weighted by molar-refractivity contribution is 0.440. The van der Waals surface area contributed by atoms with Gasteiger partial charge in [0, 0.05) is 39.8 Å². The van der Waals surface area contributed by atoms with Crippen LogP contribution in [0.25, 0.3) is 11.1 Å². The number of nitrogens with one attached hydrogen (secondary N) is 2. The van der Waals surface area contributed by atoms with Crippen LogP contribution in [0.4, 0.5) is 5.69 Å². The van der Waals surface area contributed by atoms with E-state index < -0.39 is 0 Å². The van der Waals surface area contributed by atoms with E-state index in [9.17, 15) is 0 Å². The van der Waals surface area contributed by atoms with Crippen molar-refractivity contribution in [1.29, 1.82) is 0 Å². The Morgan fingerprint density at radius 1 is 1.17 bits per heavy atom. The second-order valence-electron chi connectivity index (χ2n) is 6.43. The van der Waals surface area contributed by atoms with E-state index in [-0.39, 0.29) is 0 Å². The fourth-order valence-corrected chi connectivity index (χ4v) is 4.41. The fraction of sp³-hybridized carbons (Fsp3) is 0.368. The Kier molecular flexibility index (Phi) is 4.00. The fourth-order valence-electron chi connectivity index (χ4n) is 3.90. The number of benzene rings is 2. The van der Waals surface area contributed by atoms with Gasteiger partial charge in [0.2, 0.25) is 0 Å². The molecule has 0 spiro atoms. The predicted molar refractivity (Wildman–Crippen MR) is 98.9 cm³/mol. The van der Waals surface area contributed by atoms with Crippen LogP contribution in [-0.2, 0) is 6.42 Å². The topological polar surface area (TPSA) is 24.1 Å². The van der Waals surface area contributed by atoms with Gasteiger partial charge in [0.1, 0.15) is 0 Å². The number of piperidine rings is 1. The van der Waals surface area contributed by atoms with E-state index >= 15 is 0 Å². The van der Waals surface area contributed by atoms with E-state index in [1.54, 1.807) is 0 Å². The summed E-state index contributed by atoms with van der Waals surface area (Å²) in [5.74, 6) is 0.551.